The van der Waals surface area contributed by atoms with Crippen LogP contribution >= 0.6 is 12.4 Å². The number of ether oxygens (including phenoxy) is 1. The van der Waals surface area contributed by atoms with Gasteiger partial charge in [-0.05, 0) is 23.1 Å². The number of halogens is 5. The van der Waals surface area contributed by atoms with Crippen LogP contribution in [0.4, 0.5) is 17.6 Å². The molecule has 0 spiro atoms. The molecule has 1 aromatic carbocycles. The molecule has 0 aliphatic rings. The summed E-state index contributed by atoms with van der Waals surface area (Å²) in [7, 11) is 0. The van der Waals surface area contributed by atoms with Crippen LogP contribution in [0.15, 0.2) is 24.3 Å². The summed E-state index contributed by atoms with van der Waals surface area (Å²) in [5.74, 6) is -0.436. The van der Waals surface area contributed by atoms with Crippen LogP contribution in [0.25, 0.3) is 0 Å². The topological polar surface area (TPSA) is 55.5 Å². The number of hydrogen-bond acceptors (Lipinski definition) is 3. The molecule has 0 aliphatic carbocycles. The molecule has 3 nitrogen and oxygen atoms in total. The first-order chi connectivity index (χ1) is 9.45. The van der Waals surface area contributed by atoms with Crippen molar-refractivity contribution in [2.24, 2.45) is 11.1 Å². The quantitative estimate of drug-likeness (QED) is 0.799. The van der Waals surface area contributed by atoms with Crippen LogP contribution in [0.3, 0.4) is 0 Å². The minimum Gasteiger partial charge on any atom is -0.428 e. The second-order valence-electron chi connectivity index (χ2n) is 5.87. The molecule has 0 radical (unpaired) electrons. The Morgan fingerprint density at radius 2 is 1.73 bits per heavy atom. The van der Waals surface area contributed by atoms with E-state index < -0.39 is 35.8 Å². The molecule has 0 saturated carbocycles. The van der Waals surface area contributed by atoms with E-state index >= 15 is 0 Å². The second kappa shape index (κ2) is 7.48. The molecule has 0 unspecified atom stereocenters. The molecular weight excluding hydrogens is 326 g/mol. The summed E-state index contributed by atoms with van der Waals surface area (Å²) in [5, 5.41) is 10.1. The minimum absolute atomic E-state index is 0. The Labute approximate surface area is 132 Å². The molecule has 0 aliphatic heterocycles. The third-order valence-corrected chi connectivity index (χ3v) is 2.98. The smallest absolute Gasteiger partial charge is 0.428 e. The van der Waals surface area contributed by atoms with Gasteiger partial charge in [-0.1, -0.05) is 32.9 Å². The predicted molar refractivity (Wildman–Crippen MR) is 77.7 cm³/mol. The van der Waals surface area contributed by atoms with E-state index in [0.717, 1.165) is 12.1 Å². The van der Waals surface area contributed by atoms with Crippen molar-refractivity contribution in [1.82, 2.24) is 0 Å². The Hall–Kier alpha value is -1.05. The average molecular weight is 346 g/mol. The van der Waals surface area contributed by atoms with Crippen molar-refractivity contribution in [3.05, 3.63) is 29.8 Å². The van der Waals surface area contributed by atoms with Gasteiger partial charge in [-0.2, -0.15) is 17.6 Å². The Balaban J connectivity index is 0.00000441. The number of aliphatic hydroxyl groups is 1. The van der Waals surface area contributed by atoms with Crippen LogP contribution < -0.4 is 10.5 Å². The highest BCUT2D eigenvalue weighted by Crippen LogP contribution is 2.32. The van der Waals surface area contributed by atoms with E-state index in [0.29, 0.717) is 5.56 Å². The molecule has 0 fully saturated rings. The Morgan fingerprint density at radius 1 is 1.18 bits per heavy atom. The van der Waals surface area contributed by atoms with Gasteiger partial charge in [-0.15, -0.1) is 12.4 Å². The number of aliphatic hydroxyl groups excluding tert-OH is 1. The van der Waals surface area contributed by atoms with Gasteiger partial charge in [0.2, 0.25) is 0 Å². The SMILES string of the molecule is CC(C)(C)[C@@H](O)[C@@H](N)c1cccc(OC(F)(F)C(F)F)c1.Cl. The Kier molecular flexibility index (Phi) is 7.12. The van der Waals surface area contributed by atoms with Crippen molar-refractivity contribution in [2.45, 2.75) is 45.5 Å². The van der Waals surface area contributed by atoms with Crippen molar-refractivity contribution >= 4 is 12.4 Å². The summed E-state index contributed by atoms with van der Waals surface area (Å²) in [6.07, 6.45) is -9.45. The lowest BCUT2D eigenvalue weighted by Crippen LogP contribution is -2.37. The Morgan fingerprint density at radius 3 is 2.18 bits per heavy atom. The number of rotatable bonds is 5. The van der Waals surface area contributed by atoms with E-state index in [1.807, 2.05) is 0 Å². The summed E-state index contributed by atoms with van der Waals surface area (Å²) in [5.41, 5.74) is 5.67. The van der Waals surface area contributed by atoms with Gasteiger partial charge in [0.05, 0.1) is 12.1 Å². The highest BCUT2D eigenvalue weighted by Gasteiger charge is 2.44. The lowest BCUT2D eigenvalue weighted by Gasteiger charge is -2.31. The fraction of sp³-hybridized carbons (Fsp3) is 0.571. The molecule has 3 N–H and O–H groups in total. The molecule has 1 aromatic rings. The maximum Gasteiger partial charge on any atom is 0.461 e. The van der Waals surface area contributed by atoms with Crippen LogP contribution in [0, 0.1) is 5.41 Å². The van der Waals surface area contributed by atoms with E-state index in [1.165, 1.54) is 12.1 Å². The van der Waals surface area contributed by atoms with Crippen LogP contribution in [-0.2, 0) is 0 Å². The monoisotopic (exact) mass is 345 g/mol. The third-order valence-electron chi connectivity index (χ3n) is 2.98. The second-order valence-corrected chi connectivity index (χ2v) is 5.87. The lowest BCUT2D eigenvalue weighted by molar-refractivity contribution is -0.253. The zero-order valence-electron chi connectivity index (χ0n) is 12.4. The van der Waals surface area contributed by atoms with E-state index in [-0.39, 0.29) is 12.4 Å². The molecule has 0 bridgehead atoms. The van der Waals surface area contributed by atoms with E-state index in [1.54, 1.807) is 20.8 Å². The molecule has 22 heavy (non-hydrogen) atoms. The highest BCUT2D eigenvalue weighted by molar-refractivity contribution is 5.85. The molecule has 0 amide bonds. The van der Waals surface area contributed by atoms with E-state index in [4.69, 9.17) is 5.73 Å². The van der Waals surface area contributed by atoms with Crippen LogP contribution in [0.5, 0.6) is 5.75 Å². The molecule has 0 saturated heterocycles. The zero-order chi connectivity index (χ0) is 16.4. The van der Waals surface area contributed by atoms with Crippen LogP contribution in [-0.4, -0.2) is 23.7 Å². The fourth-order valence-electron chi connectivity index (χ4n) is 1.71. The first kappa shape index (κ1) is 20.9. The molecule has 128 valence electrons. The van der Waals surface area contributed by atoms with Gasteiger partial charge >= 0.3 is 12.5 Å². The molecule has 1 rings (SSSR count). The number of alkyl halides is 4. The standard InChI is InChI=1S/C14H19F4NO2.ClH/c1-13(2,3)11(20)10(19)8-5-4-6-9(7-8)21-14(17,18)12(15)16;/h4-7,10-12,20H,19H2,1-3H3;1H/t10-,11-;/m0./s1. The van der Waals surface area contributed by atoms with Gasteiger partial charge in [-0.25, -0.2) is 0 Å². The number of nitrogens with two attached hydrogens (primary N) is 1. The van der Waals surface area contributed by atoms with Crippen molar-refractivity contribution in [1.29, 1.82) is 0 Å². The normalized spacial score (nSPS) is 15.2. The molecule has 0 aromatic heterocycles. The van der Waals surface area contributed by atoms with Gasteiger partial charge in [0.1, 0.15) is 5.75 Å². The average Bonchev–Trinajstić information content (AvgIpc) is 2.35. The zero-order valence-corrected chi connectivity index (χ0v) is 13.2. The predicted octanol–water partition coefficient (Wildman–Crippen LogP) is 3.75. The largest absolute Gasteiger partial charge is 0.461 e. The third kappa shape index (κ3) is 5.30. The number of hydrogen-bond donors (Lipinski definition) is 2. The van der Waals surface area contributed by atoms with Crippen molar-refractivity contribution in [3.8, 4) is 5.75 Å². The van der Waals surface area contributed by atoms with Gasteiger partial charge in [0.15, 0.2) is 0 Å². The summed E-state index contributed by atoms with van der Waals surface area (Å²) in [6.45, 7) is 5.30. The van der Waals surface area contributed by atoms with Gasteiger partial charge < -0.3 is 15.6 Å². The van der Waals surface area contributed by atoms with Gasteiger partial charge in [0.25, 0.3) is 0 Å². The van der Waals surface area contributed by atoms with Crippen molar-refractivity contribution in [3.63, 3.8) is 0 Å². The highest BCUT2D eigenvalue weighted by atomic mass is 35.5. The minimum atomic E-state index is -4.58. The summed E-state index contributed by atoms with van der Waals surface area (Å²) in [6, 6.07) is 4.24. The van der Waals surface area contributed by atoms with Gasteiger partial charge in [-0.3, -0.25) is 0 Å². The van der Waals surface area contributed by atoms with Crippen LogP contribution in [0.1, 0.15) is 32.4 Å². The fourth-order valence-corrected chi connectivity index (χ4v) is 1.71. The molecule has 0 heterocycles. The first-order valence-corrected chi connectivity index (χ1v) is 6.33. The van der Waals surface area contributed by atoms with Gasteiger partial charge in [0, 0.05) is 0 Å². The summed E-state index contributed by atoms with van der Waals surface area (Å²) < 4.78 is 53.9. The van der Waals surface area contributed by atoms with E-state index in [9.17, 15) is 22.7 Å². The Bertz CT molecular complexity index is 480. The molecular formula is C14H20ClF4NO2. The van der Waals surface area contributed by atoms with E-state index in [2.05, 4.69) is 4.74 Å². The maximum absolute atomic E-state index is 12.9. The first-order valence-electron chi connectivity index (χ1n) is 6.33. The summed E-state index contributed by atoms with van der Waals surface area (Å²) in [4.78, 5) is 0. The molecule has 8 heteroatoms. The van der Waals surface area contributed by atoms with Crippen LogP contribution in [0.2, 0.25) is 0 Å². The van der Waals surface area contributed by atoms with Crippen molar-refractivity contribution in [2.75, 3.05) is 0 Å². The lowest BCUT2D eigenvalue weighted by atomic mass is 9.82. The number of benzene rings is 1. The maximum atomic E-state index is 12.9. The summed E-state index contributed by atoms with van der Waals surface area (Å²) >= 11 is 0. The molecule has 2 atom stereocenters. The van der Waals surface area contributed by atoms with Crippen molar-refractivity contribution < 1.29 is 27.4 Å².